The summed E-state index contributed by atoms with van der Waals surface area (Å²) in [5, 5.41) is -0.192. The third-order valence-corrected chi connectivity index (χ3v) is 5.43. The van der Waals surface area contributed by atoms with Crippen molar-refractivity contribution in [3.05, 3.63) is 84.0 Å². The summed E-state index contributed by atoms with van der Waals surface area (Å²) in [5.41, 5.74) is 2.04. The van der Waals surface area contributed by atoms with E-state index in [2.05, 4.69) is 13.2 Å². The molecule has 26 heavy (non-hydrogen) atoms. The van der Waals surface area contributed by atoms with Crippen LogP contribution in [0.2, 0.25) is 0 Å². The van der Waals surface area contributed by atoms with Crippen molar-refractivity contribution in [1.82, 2.24) is 0 Å². The monoisotopic (exact) mass is 382 g/mol. The number of benzene rings is 2. The minimum atomic E-state index is -0.115. The number of hydrogen-bond acceptors (Lipinski definition) is 5. The molecule has 0 amide bonds. The van der Waals surface area contributed by atoms with Gasteiger partial charge in [0, 0.05) is 20.9 Å². The Morgan fingerprint density at radius 2 is 0.962 bits per heavy atom. The van der Waals surface area contributed by atoms with Crippen LogP contribution < -0.4 is 0 Å². The van der Waals surface area contributed by atoms with Gasteiger partial charge >= 0.3 is 0 Å². The quantitative estimate of drug-likeness (QED) is 0.385. The fourth-order valence-corrected chi connectivity index (χ4v) is 3.22. The predicted octanol–water partition coefficient (Wildman–Crippen LogP) is 5.31. The Kier molecular flexibility index (Phi) is 6.77. The molecule has 0 saturated heterocycles. The van der Waals surface area contributed by atoms with E-state index in [0.717, 1.165) is 33.3 Å². The van der Waals surface area contributed by atoms with E-state index < -0.39 is 0 Å². The average Bonchev–Trinajstić information content (AvgIpc) is 2.62. The Labute approximate surface area is 161 Å². The first-order valence-electron chi connectivity index (χ1n) is 7.78. The lowest BCUT2D eigenvalue weighted by molar-refractivity contribution is -0.108. The van der Waals surface area contributed by atoms with Crippen LogP contribution in [0.5, 0.6) is 0 Å². The van der Waals surface area contributed by atoms with E-state index in [0.29, 0.717) is 22.3 Å². The van der Waals surface area contributed by atoms with Crippen molar-refractivity contribution in [2.24, 2.45) is 0 Å². The first kappa shape index (κ1) is 19.9. The molecule has 0 aromatic heterocycles. The van der Waals surface area contributed by atoms with Crippen molar-refractivity contribution >= 4 is 39.5 Å². The molecule has 3 nitrogen and oxygen atoms in total. The lowest BCUT2D eigenvalue weighted by atomic mass is 10.0. The average molecular weight is 383 g/mol. The third kappa shape index (κ3) is 5.31. The fraction of sp³-hybridized carbons (Fsp3) is 0.0952. The van der Waals surface area contributed by atoms with E-state index in [1.807, 2.05) is 0 Å². The van der Waals surface area contributed by atoms with E-state index in [9.17, 15) is 14.4 Å². The van der Waals surface area contributed by atoms with E-state index in [-0.39, 0.29) is 16.0 Å². The molecule has 5 heteroatoms. The molecule has 0 aliphatic heterocycles. The molecule has 0 radical (unpaired) electrons. The lowest BCUT2D eigenvalue weighted by Gasteiger charge is -2.05. The zero-order valence-corrected chi connectivity index (χ0v) is 16.2. The van der Waals surface area contributed by atoms with Crippen molar-refractivity contribution in [3.8, 4) is 0 Å². The molecule has 0 heterocycles. The molecular formula is C21H18O3S2. The van der Waals surface area contributed by atoms with Crippen molar-refractivity contribution in [2.45, 2.75) is 23.6 Å². The van der Waals surface area contributed by atoms with Crippen molar-refractivity contribution < 1.29 is 14.4 Å². The topological polar surface area (TPSA) is 51.2 Å². The minimum absolute atomic E-state index is 0.0959. The normalized spacial score (nSPS) is 10.2. The summed E-state index contributed by atoms with van der Waals surface area (Å²) < 4.78 is 0. The van der Waals surface area contributed by atoms with Crippen LogP contribution in [0, 0.1) is 0 Å². The summed E-state index contributed by atoms with van der Waals surface area (Å²) in [6, 6.07) is 13.8. The highest BCUT2D eigenvalue weighted by Crippen LogP contribution is 2.24. The molecule has 0 N–H and O–H groups in total. The van der Waals surface area contributed by atoms with E-state index in [1.54, 1.807) is 62.4 Å². The number of thioether (sulfide) groups is 2. The Bertz CT molecular complexity index is 805. The number of hydrogen-bond donors (Lipinski definition) is 0. The van der Waals surface area contributed by atoms with Gasteiger partial charge in [-0.1, -0.05) is 13.2 Å². The standard InChI is InChI=1S/C21H18O3S2/c1-13(2)20(23)25-17-9-5-15(6-10-17)19(22)16-7-11-18(12-8-16)26-21(24)14(3)4/h5-12H,1,3H2,2,4H3. The molecule has 0 saturated carbocycles. The molecule has 2 aromatic carbocycles. The van der Waals surface area contributed by atoms with Gasteiger partial charge in [0.25, 0.3) is 0 Å². The Balaban J connectivity index is 2.09. The molecule has 0 bridgehead atoms. The summed E-state index contributed by atoms with van der Waals surface area (Å²) in [6.07, 6.45) is 0. The summed E-state index contributed by atoms with van der Waals surface area (Å²) in [5.74, 6) is -0.115. The number of carbonyl (C=O) groups excluding carboxylic acids is 3. The van der Waals surface area contributed by atoms with E-state index >= 15 is 0 Å². The van der Waals surface area contributed by atoms with Gasteiger partial charge in [0.15, 0.2) is 5.78 Å². The molecule has 0 spiro atoms. The van der Waals surface area contributed by atoms with E-state index in [4.69, 9.17) is 0 Å². The maximum Gasteiger partial charge on any atom is 0.219 e. The predicted molar refractivity (Wildman–Crippen MR) is 108 cm³/mol. The molecule has 2 aromatic rings. The smallest absolute Gasteiger partial charge is 0.219 e. The van der Waals surface area contributed by atoms with Crippen LogP contribution in [0.4, 0.5) is 0 Å². The molecule has 0 unspecified atom stereocenters. The number of carbonyl (C=O) groups is 3. The Morgan fingerprint density at radius 3 is 1.23 bits per heavy atom. The van der Waals surface area contributed by atoms with Gasteiger partial charge < -0.3 is 0 Å². The van der Waals surface area contributed by atoms with Gasteiger partial charge in [-0.15, -0.1) is 0 Å². The zero-order chi connectivity index (χ0) is 19.3. The summed E-state index contributed by atoms with van der Waals surface area (Å²) >= 11 is 2.17. The number of ketones is 1. The van der Waals surface area contributed by atoms with Crippen LogP contribution in [0.1, 0.15) is 29.8 Å². The van der Waals surface area contributed by atoms with Gasteiger partial charge in [-0.05, 0) is 97.0 Å². The maximum absolute atomic E-state index is 12.6. The zero-order valence-electron chi connectivity index (χ0n) is 14.6. The lowest BCUT2D eigenvalue weighted by Crippen LogP contribution is -2.01. The van der Waals surface area contributed by atoms with E-state index in [1.165, 1.54) is 0 Å². The second-order valence-corrected chi connectivity index (χ2v) is 7.81. The first-order valence-corrected chi connectivity index (χ1v) is 9.41. The second-order valence-electron chi connectivity index (χ2n) is 5.72. The first-order chi connectivity index (χ1) is 12.3. The highest BCUT2D eigenvalue weighted by molar-refractivity contribution is 8.14. The minimum Gasteiger partial charge on any atom is -0.289 e. The summed E-state index contributed by atoms with van der Waals surface area (Å²) in [7, 11) is 0. The highest BCUT2D eigenvalue weighted by atomic mass is 32.2. The second kappa shape index (κ2) is 8.83. The Hall–Kier alpha value is -2.37. The van der Waals surface area contributed by atoms with Crippen molar-refractivity contribution in [3.63, 3.8) is 0 Å². The third-order valence-electron chi connectivity index (χ3n) is 3.35. The van der Waals surface area contributed by atoms with Gasteiger partial charge in [0.1, 0.15) is 0 Å². The van der Waals surface area contributed by atoms with Crippen LogP contribution in [-0.4, -0.2) is 16.0 Å². The SMILES string of the molecule is C=C(C)C(=O)Sc1ccc(C(=O)c2ccc(SC(=O)C(=C)C)cc2)cc1. The Morgan fingerprint density at radius 1 is 0.654 bits per heavy atom. The summed E-state index contributed by atoms with van der Waals surface area (Å²) in [4.78, 5) is 37.4. The molecule has 0 atom stereocenters. The van der Waals surface area contributed by atoms with Crippen molar-refractivity contribution in [2.75, 3.05) is 0 Å². The molecule has 0 fully saturated rings. The molecule has 0 aliphatic carbocycles. The largest absolute Gasteiger partial charge is 0.289 e. The van der Waals surface area contributed by atoms with Crippen molar-refractivity contribution in [1.29, 1.82) is 0 Å². The van der Waals surface area contributed by atoms with Crippen LogP contribution in [0.25, 0.3) is 0 Å². The van der Waals surface area contributed by atoms with Gasteiger partial charge in [-0.25, -0.2) is 0 Å². The van der Waals surface area contributed by atoms with Crippen LogP contribution in [-0.2, 0) is 9.59 Å². The highest BCUT2D eigenvalue weighted by Gasteiger charge is 2.12. The van der Waals surface area contributed by atoms with Gasteiger partial charge in [0.05, 0.1) is 0 Å². The van der Waals surface area contributed by atoms with Crippen LogP contribution in [0.15, 0.2) is 82.6 Å². The van der Waals surface area contributed by atoms with Crippen LogP contribution in [0.3, 0.4) is 0 Å². The van der Waals surface area contributed by atoms with Gasteiger partial charge in [0.2, 0.25) is 10.2 Å². The maximum atomic E-state index is 12.6. The molecular weight excluding hydrogens is 364 g/mol. The molecule has 2 rings (SSSR count). The molecule has 0 aliphatic rings. The molecule has 132 valence electrons. The van der Waals surface area contributed by atoms with Gasteiger partial charge in [-0.3, -0.25) is 14.4 Å². The fourth-order valence-electron chi connectivity index (χ4n) is 1.90. The van der Waals surface area contributed by atoms with Crippen LogP contribution >= 0.6 is 23.5 Å². The summed E-state index contributed by atoms with van der Waals surface area (Å²) in [6.45, 7) is 10.6. The number of rotatable bonds is 6. The van der Waals surface area contributed by atoms with Gasteiger partial charge in [-0.2, -0.15) is 0 Å².